The molecule has 1 N–H and O–H groups in total. The summed E-state index contributed by atoms with van der Waals surface area (Å²) < 4.78 is 23.8. The summed E-state index contributed by atoms with van der Waals surface area (Å²) in [6.45, 7) is 2.47. The molecular formula is C9H17NO4S. The van der Waals surface area contributed by atoms with Crippen molar-refractivity contribution in [2.24, 2.45) is 5.41 Å². The molecule has 0 aromatic rings. The first kappa shape index (κ1) is 12.4. The Bertz CT molecular complexity index is 341. The number of hydrogen-bond acceptors (Lipinski definition) is 3. The molecular weight excluding hydrogens is 218 g/mol. The van der Waals surface area contributed by atoms with Crippen LogP contribution in [0.2, 0.25) is 0 Å². The van der Waals surface area contributed by atoms with Crippen LogP contribution in [0.3, 0.4) is 0 Å². The van der Waals surface area contributed by atoms with E-state index < -0.39 is 21.4 Å². The largest absolute Gasteiger partial charge is 0.481 e. The maximum absolute atomic E-state index is 11.2. The average molecular weight is 235 g/mol. The second-order valence-corrected chi connectivity index (χ2v) is 6.08. The van der Waals surface area contributed by atoms with E-state index in [2.05, 4.69) is 0 Å². The van der Waals surface area contributed by atoms with Gasteiger partial charge in [-0.05, 0) is 19.3 Å². The van der Waals surface area contributed by atoms with E-state index in [1.807, 2.05) is 6.92 Å². The number of rotatable bonds is 3. The fraction of sp³-hybridized carbons (Fsp3) is 0.889. The highest BCUT2D eigenvalue weighted by Crippen LogP contribution is 2.35. The number of piperidine rings is 1. The molecule has 0 saturated carbocycles. The number of sulfonamides is 1. The molecule has 1 aliphatic rings. The van der Waals surface area contributed by atoms with Gasteiger partial charge in [-0.3, -0.25) is 4.79 Å². The molecule has 0 spiro atoms. The van der Waals surface area contributed by atoms with Gasteiger partial charge >= 0.3 is 5.97 Å². The number of aliphatic carboxylic acids is 1. The van der Waals surface area contributed by atoms with Crippen molar-refractivity contribution >= 4 is 16.0 Å². The van der Waals surface area contributed by atoms with Gasteiger partial charge in [-0.25, -0.2) is 12.7 Å². The molecule has 1 aliphatic heterocycles. The van der Waals surface area contributed by atoms with Gasteiger partial charge in [0.25, 0.3) is 0 Å². The van der Waals surface area contributed by atoms with Gasteiger partial charge < -0.3 is 5.11 Å². The number of hydrogen-bond donors (Lipinski definition) is 1. The predicted molar refractivity (Wildman–Crippen MR) is 56.0 cm³/mol. The van der Waals surface area contributed by atoms with E-state index in [1.165, 1.54) is 4.31 Å². The third-order valence-corrected chi connectivity index (χ3v) is 4.58. The maximum atomic E-state index is 11.2. The smallest absolute Gasteiger partial charge is 0.309 e. The Morgan fingerprint density at radius 3 is 2.13 bits per heavy atom. The van der Waals surface area contributed by atoms with E-state index in [4.69, 9.17) is 5.11 Å². The minimum atomic E-state index is -3.17. The first-order valence-electron chi connectivity index (χ1n) is 5.00. The van der Waals surface area contributed by atoms with Crippen LogP contribution in [0, 0.1) is 5.41 Å². The van der Waals surface area contributed by atoms with Crippen LogP contribution < -0.4 is 0 Å². The molecule has 88 valence electrons. The van der Waals surface area contributed by atoms with E-state index in [-0.39, 0.29) is 0 Å². The second kappa shape index (κ2) is 4.09. The molecule has 0 aromatic heterocycles. The molecule has 0 bridgehead atoms. The zero-order valence-corrected chi connectivity index (χ0v) is 9.88. The van der Waals surface area contributed by atoms with E-state index in [1.54, 1.807) is 0 Å². The minimum absolute atomic E-state index is 0.318. The fourth-order valence-electron chi connectivity index (χ4n) is 1.96. The topological polar surface area (TPSA) is 74.7 Å². The van der Waals surface area contributed by atoms with Crippen molar-refractivity contribution in [2.45, 2.75) is 26.2 Å². The molecule has 1 rings (SSSR count). The molecule has 0 aliphatic carbocycles. The molecule has 0 atom stereocenters. The molecule has 6 heteroatoms. The quantitative estimate of drug-likeness (QED) is 0.774. The summed E-state index contributed by atoms with van der Waals surface area (Å²) >= 11 is 0. The van der Waals surface area contributed by atoms with Gasteiger partial charge in [0.1, 0.15) is 0 Å². The van der Waals surface area contributed by atoms with Crippen molar-refractivity contribution in [1.29, 1.82) is 0 Å². The summed E-state index contributed by atoms with van der Waals surface area (Å²) in [7, 11) is -3.17. The lowest BCUT2D eigenvalue weighted by atomic mass is 9.77. The Kier molecular flexibility index (Phi) is 3.40. The normalized spacial score (nSPS) is 22.5. The molecule has 5 nitrogen and oxygen atoms in total. The van der Waals surface area contributed by atoms with Crippen LogP contribution in [-0.2, 0) is 14.8 Å². The number of carboxylic acids is 1. The minimum Gasteiger partial charge on any atom is -0.481 e. The molecule has 0 amide bonds. The van der Waals surface area contributed by atoms with Gasteiger partial charge in [-0.15, -0.1) is 0 Å². The van der Waals surface area contributed by atoms with Crippen LogP contribution in [0.1, 0.15) is 26.2 Å². The lowest BCUT2D eigenvalue weighted by molar-refractivity contribution is -0.151. The Morgan fingerprint density at radius 1 is 1.40 bits per heavy atom. The highest BCUT2D eigenvalue weighted by molar-refractivity contribution is 7.88. The number of carbonyl (C=O) groups is 1. The van der Waals surface area contributed by atoms with Crippen molar-refractivity contribution in [3.63, 3.8) is 0 Å². The summed E-state index contributed by atoms with van der Waals surface area (Å²) in [6.07, 6.45) is 2.53. The molecule has 15 heavy (non-hydrogen) atoms. The fourth-order valence-corrected chi connectivity index (χ4v) is 2.81. The van der Waals surface area contributed by atoms with E-state index in [0.717, 1.165) is 6.26 Å². The highest BCUT2D eigenvalue weighted by Gasteiger charge is 2.41. The van der Waals surface area contributed by atoms with Crippen LogP contribution in [0.15, 0.2) is 0 Å². The Hall–Kier alpha value is -0.620. The van der Waals surface area contributed by atoms with Crippen molar-refractivity contribution in [3.8, 4) is 0 Å². The van der Waals surface area contributed by atoms with Crippen LogP contribution in [0.4, 0.5) is 0 Å². The molecule has 0 radical (unpaired) electrons. The highest BCUT2D eigenvalue weighted by atomic mass is 32.2. The maximum Gasteiger partial charge on any atom is 0.309 e. The SMILES string of the molecule is CCC1(C(=O)O)CCN(S(C)(=O)=O)CC1. The van der Waals surface area contributed by atoms with Gasteiger partial charge in [0.15, 0.2) is 0 Å². The predicted octanol–water partition coefficient (Wildman–Crippen LogP) is 0.523. The van der Waals surface area contributed by atoms with Crippen LogP contribution in [0.5, 0.6) is 0 Å². The lowest BCUT2D eigenvalue weighted by Gasteiger charge is -2.37. The van der Waals surface area contributed by atoms with Crippen LogP contribution in [-0.4, -0.2) is 43.1 Å². The molecule has 0 unspecified atom stereocenters. The van der Waals surface area contributed by atoms with Gasteiger partial charge in [0.05, 0.1) is 11.7 Å². The van der Waals surface area contributed by atoms with E-state index in [0.29, 0.717) is 32.4 Å². The monoisotopic (exact) mass is 235 g/mol. The molecule has 1 heterocycles. The summed E-state index contributed by atoms with van der Waals surface area (Å²) in [4.78, 5) is 11.1. The Balaban J connectivity index is 2.74. The first-order chi connectivity index (χ1) is 6.82. The van der Waals surface area contributed by atoms with Crippen LogP contribution >= 0.6 is 0 Å². The van der Waals surface area contributed by atoms with Crippen LogP contribution in [0.25, 0.3) is 0 Å². The van der Waals surface area contributed by atoms with Crippen molar-refractivity contribution in [2.75, 3.05) is 19.3 Å². The summed E-state index contributed by atoms with van der Waals surface area (Å²) in [6, 6.07) is 0. The van der Waals surface area contributed by atoms with Crippen molar-refractivity contribution in [1.82, 2.24) is 4.31 Å². The van der Waals surface area contributed by atoms with Gasteiger partial charge in [0.2, 0.25) is 10.0 Å². The van der Waals surface area contributed by atoms with Crippen molar-refractivity contribution < 1.29 is 18.3 Å². The van der Waals surface area contributed by atoms with E-state index in [9.17, 15) is 13.2 Å². The Labute approximate surface area is 90.1 Å². The van der Waals surface area contributed by atoms with Crippen molar-refractivity contribution in [3.05, 3.63) is 0 Å². The lowest BCUT2D eigenvalue weighted by Crippen LogP contribution is -2.45. The molecule has 0 aromatic carbocycles. The third-order valence-electron chi connectivity index (χ3n) is 3.28. The zero-order chi connectivity index (χ0) is 11.7. The van der Waals surface area contributed by atoms with Gasteiger partial charge in [-0.2, -0.15) is 0 Å². The summed E-state index contributed by atoms with van der Waals surface area (Å²) in [5, 5.41) is 9.11. The zero-order valence-electron chi connectivity index (χ0n) is 9.06. The third kappa shape index (κ3) is 2.49. The number of nitrogens with zero attached hydrogens (tertiary/aromatic N) is 1. The van der Waals surface area contributed by atoms with E-state index >= 15 is 0 Å². The summed E-state index contributed by atoms with van der Waals surface area (Å²) in [5.74, 6) is -0.807. The van der Waals surface area contributed by atoms with Gasteiger partial charge in [0, 0.05) is 13.1 Å². The summed E-state index contributed by atoms with van der Waals surface area (Å²) in [5.41, 5.74) is -0.721. The average Bonchev–Trinajstić information content (AvgIpc) is 2.16. The first-order valence-corrected chi connectivity index (χ1v) is 6.85. The standard InChI is InChI=1S/C9H17NO4S/c1-3-9(8(11)12)4-6-10(7-5-9)15(2,13)14/h3-7H2,1-2H3,(H,11,12). The second-order valence-electron chi connectivity index (χ2n) is 4.10. The number of carboxylic acid groups (broad SMARTS) is 1. The molecule has 1 saturated heterocycles. The Morgan fingerprint density at radius 2 is 1.87 bits per heavy atom. The molecule has 1 fully saturated rings. The van der Waals surface area contributed by atoms with Gasteiger partial charge in [-0.1, -0.05) is 6.92 Å².